The Morgan fingerprint density at radius 1 is 1.28 bits per heavy atom. The van der Waals surface area contributed by atoms with E-state index in [4.69, 9.17) is 25.6 Å². The van der Waals surface area contributed by atoms with Gasteiger partial charge in [0.05, 0.1) is 31.0 Å². The number of carbonyl (C=O) groups excluding carboxylic acids is 1. The van der Waals surface area contributed by atoms with Gasteiger partial charge in [-0.1, -0.05) is 28.9 Å². The van der Waals surface area contributed by atoms with Crippen molar-refractivity contribution in [2.75, 3.05) is 19.0 Å². The Morgan fingerprint density at radius 3 is 2.78 bits per heavy atom. The topological polar surface area (TPSA) is 76.8 Å². The van der Waals surface area contributed by atoms with Crippen LogP contribution in [-0.2, 0) is 4.74 Å². The second kappa shape index (κ2) is 7.74. The van der Waals surface area contributed by atoms with Crippen LogP contribution in [0.25, 0.3) is 11.1 Å². The monoisotopic (exact) mass is 453 g/mol. The van der Waals surface area contributed by atoms with Crippen LogP contribution < -0.4 is 10.1 Å². The highest BCUT2D eigenvalue weighted by Crippen LogP contribution is 2.48. The number of nitrogens with one attached hydrogen (secondary N) is 1. The molecule has 0 radical (unpaired) electrons. The predicted octanol–water partition coefficient (Wildman–Crippen LogP) is 5.67. The number of hydrogen-bond acceptors (Lipinski definition) is 6. The minimum Gasteiger partial charge on any atom is -0.496 e. The molecule has 3 heterocycles. The van der Waals surface area contributed by atoms with E-state index in [-0.39, 0.29) is 24.3 Å². The smallest absolute Gasteiger partial charge is 0.411 e. The molecule has 1 fully saturated rings. The third kappa shape index (κ3) is 3.19. The summed E-state index contributed by atoms with van der Waals surface area (Å²) in [5.74, 6) is 1.42. The van der Waals surface area contributed by atoms with Crippen molar-refractivity contribution in [3.8, 4) is 16.9 Å². The number of benzene rings is 2. The number of hydrogen-bond donors (Lipinski definition) is 1. The second-order valence-electron chi connectivity index (χ2n) is 8.23. The molecule has 2 aliphatic heterocycles. The molecule has 2 aliphatic rings. The van der Waals surface area contributed by atoms with Gasteiger partial charge in [-0.3, -0.25) is 4.90 Å². The molecule has 1 aromatic heterocycles. The molecule has 7 nitrogen and oxygen atoms in total. The fourth-order valence-electron chi connectivity index (χ4n) is 4.81. The van der Waals surface area contributed by atoms with Crippen molar-refractivity contribution in [3.05, 3.63) is 64.0 Å². The van der Waals surface area contributed by atoms with Gasteiger partial charge in [0.1, 0.15) is 23.7 Å². The van der Waals surface area contributed by atoms with Crippen LogP contribution in [0.2, 0.25) is 5.02 Å². The molecule has 2 aromatic carbocycles. The lowest BCUT2D eigenvalue weighted by Crippen LogP contribution is -2.37. The SMILES string of the molecule is COc1cc2c(cc1-c1c(C)noc1C)NCC1OC(=O)N(C(C)c3cccc(Cl)c3)C21. The number of methoxy groups -OCH3 is 1. The van der Waals surface area contributed by atoms with Crippen LogP contribution in [0.4, 0.5) is 10.5 Å². The van der Waals surface area contributed by atoms with E-state index >= 15 is 0 Å². The molecule has 1 amide bonds. The molecule has 0 saturated carbocycles. The number of fused-ring (bicyclic) bond motifs is 3. The number of ether oxygens (including phenoxy) is 2. The summed E-state index contributed by atoms with van der Waals surface area (Å²) in [6.07, 6.45) is -0.637. The van der Waals surface area contributed by atoms with Crippen molar-refractivity contribution in [2.24, 2.45) is 0 Å². The first-order valence-electron chi connectivity index (χ1n) is 10.5. The van der Waals surface area contributed by atoms with E-state index in [9.17, 15) is 4.79 Å². The number of halogens is 1. The van der Waals surface area contributed by atoms with Gasteiger partial charge in [-0.05, 0) is 50.6 Å². The summed E-state index contributed by atoms with van der Waals surface area (Å²) in [5.41, 5.74) is 5.45. The van der Waals surface area contributed by atoms with Crippen molar-refractivity contribution >= 4 is 23.4 Å². The van der Waals surface area contributed by atoms with Gasteiger partial charge < -0.3 is 19.3 Å². The highest BCUT2D eigenvalue weighted by atomic mass is 35.5. The summed E-state index contributed by atoms with van der Waals surface area (Å²) in [5, 5.41) is 8.14. The van der Waals surface area contributed by atoms with Crippen molar-refractivity contribution in [2.45, 2.75) is 39.0 Å². The minimum atomic E-state index is -0.337. The van der Waals surface area contributed by atoms with Crippen LogP contribution in [0.15, 0.2) is 40.9 Å². The lowest BCUT2D eigenvalue weighted by molar-refractivity contribution is 0.131. The molecule has 5 rings (SSSR count). The van der Waals surface area contributed by atoms with Crippen molar-refractivity contribution in [3.63, 3.8) is 0 Å². The number of nitrogens with zero attached hydrogens (tertiary/aromatic N) is 2. The summed E-state index contributed by atoms with van der Waals surface area (Å²) >= 11 is 6.21. The third-order valence-electron chi connectivity index (χ3n) is 6.35. The zero-order valence-corrected chi connectivity index (χ0v) is 19.1. The molecule has 3 unspecified atom stereocenters. The molecule has 3 atom stereocenters. The maximum Gasteiger partial charge on any atom is 0.411 e. The quantitative estimate of drug-likeness (QED) is 0.548. The predicted molar refractivity (Wildman–Crippen MR) is 121 cm³/mol. The van der Waals surface area contributed by atoms with Crippen LogP contribution in [0, 0.1) is 13.8 Å². The van der Waals surface area contributed by atoms with Gasteiger partial charge >= 0.3 is 6.09 Å². The molecule has 1 saturated heterocycles. The lowest BCUT2D eigenvalue weighted by atomic mass is 9.90. The lowest BCUT2D eigenvalue weighted by Gasteiger charge is -2.35. The Balaban J connectivity index is 1.61. The Kier molecular flexibility index (Phi) is 5.01. The first-order chi connectivity index (χ1) is 15.4. The average Bonchev–Trinajstić information content (AvgIpc) is 3.30. The van der Waals surface area contributed by atoms with E-state index in [2.05, 4.69) is 10.5 Å². The Hall–Kier alpha value is -3.19. The molecular formula is C24H24ClN3O4. The molecule has 3 aromatic rings. The van der Waals surface area contributed by atoms with Gasteiger partial charge in [0.25, 0.3) is 0 Å². The van der Waals surface area contributed by atoms with Crippen LogP contribution in [-0.4, -0.2) is 35.9 Å². The van der Waals surface area contributed by atoms with Gasteiger partial charge in [0.2, 0.25) is 0 Å². The fourth-order valence-corrected chi connectivity index (χ4v) is 5.01. The maximum atomic E-state index is 12.9. The highest BCUT2D eigenvalue weighted by molar-refractivity contribution is 6.30. The number of anilines is 1. The van der Waals surface area contributed by atoms with E-state index in [0.717, 1.165) is 39.4 Å². The molecular weight excluding hydrogens is 430 g/mol. The van der Waals surface area contributed by atoms with E-state index in [0.29, 0.717) is 17.3 Å². The molecule has 0 spiro atoms. The standard InChI is InChI=1S/C24H24ClN3O4/c1-12-22(14(3)32-27-12)18-9-19-17(10-20(18)30-4)23-21(11-26-19)31-24(29)28(23)13(2)15-6-5-7-16(25)8-15/h5-10,13,21,23,26H,11H2,1-4H3. The van der Waals surface area contributed by atoms with Crippen molar-refractivity contribution < 1.29 is 18.8 Å². The number of carbonyl (C=O) groups is 1. The Labute approximate surface area is 191 Å². The zero-order chi connectivity index (χ0) is 22.6. The first kappa shape index (κ1) is 20.7. The van der Waals surface area contributed by atoms with E-state index < -0.39 is 0 Å². The summed E-state index contributed by atoms with van der Waals surface area (Å²) in [7, 11) is 1.64. The van der Waals surface area contributed by atoms with Gasteiger partial charge in [-0.15, -0.1) is 0 Å². The van der Waals surface area contributed by atoms with Gasteiger partial charge in [-0.2, -0.15) is 0 Å². The molecule has 8 heteroatoms. The molecule has 166 valence electrons. The second-order valence-corrected chi connectivity index (χ2v) is 8.66. The van der Waals surface area contributed by atoms with Crippen LogP contribution >= 0.6 is 11.6 Å². The summed E-state index contributed by atoms with van der Waals surface area (Å²) in [6.45, 7) is 6.31. The molecule has 1 N–H and O–H groups in total. The summed E-state index contributed by atoms with van der Waals surface area (Å²) in [4.78, 5) is 14.7. The molecule has 0 aliphatic carbocycles. The van der Waals surface area contributed by atoms with Crippen LogP contribution in [0.5, 0.6) is 5.75 Å². The largest absolute Gasteiger partial charge is 0.496 e. The molecule has 32 heavy (non-hydrogen) atoms. The first-order valence-corrected chi connectivity index (χ1v) is 10.9. The molecule has 0 bridgehead atoms. The minimum absolute atomic E-state index is 0.213. The summed E-state index contributed by atoms with van der Waals surface area (Å²) in [6, 6.07) is 11.1. The van der Waals surface area contributed by atoms with Gasteiger partial charge in [0.15, 0.2) is 0 Å². The normalized spacial score (nSPS) is 20.3. The van der Waals surface area contributed by atoms with E-state index in [1.165, 1.54) is 0 Å². The van der Waals surface area contributed by atoms with Crippen molar-refractivity contribution in [1.29, 1.82) is 0 Å². The number of amides is 1. The van der Waals surface area contributed by atoms with Crippen molar-refractivity contribution in [1.82, 2.24) is 10.1 Å². The highest BCUT2D eigenvalue weighted by Gasteiger charge is 2.48. The number of aryl methyl sites for hydroxylation is 2. The Bertz CT molecular complexity index is 1190. The van der Waals surface area contributed by atoms with Gasteiger partial charge in [-0.25, -0.2) is 4.79 Å². The van der Waals surface area contributed by atoms with Crippen LogP contribution in [0.3, 0.4) is 0 Å². The maximum absolute atomic E-state index is 12.9. The third-order valence-corrected chi connectivity index (χ3v) is 6.58. The number of aromatic nitrogens is 1. The summed E-state index contributed by atoms with van der Waals surface area (Å²) < 4.78 is 16.9. The zero-order valence-electron chi connectivity index (χ0n) is 18.3. The van der Waals surface area contributed by atoms with Crippen LogP contribution in [0.1, 0.15) is 41.6 Å². The van der Waals surface area contributed by atoms with E-state index in [1.807, 2.05) is 57.2 Å². The Morgan fingerprint density at radius 2 is 2.09 bits per heavy atom. The fraction of sp³-hybridized carbons (Fsp3) is 0.333. The van der Waals surface area contributed by atoms with Gasteiger partial charge in [0, 0.05) is 21.8 Å². The van der Waals surface area contributed by atoms with E-state index in [1.54, 1.807) is 12.0 Å². The number of rotatable bonds is 4. The average molecular weight is 454 g/mol.